The Bertz CT molecular complexity index is 404. The lowest BCUT2D eigenvalue weighted by Crippen LogP contribution is -2.24. The van der Waals surface area contributed by atoms with Crippen molar-refractivity contribution < 1.29 is 9.66 Å². The van der Waals surface area contributed by atoms with Crippen LogP contribution in [0.25, 0.3) is 0 Å². The number of nitrogen functional groups attached to an aromatic ring is 1. The minimum Gasteiger partial charge on any atom is -0.393 e. The van der Waals surface area contributed by atoms with Gasteiger partial charge in [-0.05, 0) is 18.6 Å². The number of hydrogen-bond donors (Lipinski definition) is 2. The summed E-state index contributed by atoms with van der Waals surface area (Å²) in [5, 5.41) is 13.9. The zero-order valence-corrected chi connectivity index (χ0v) is 10.7. The van der Waals surface area contributed by atoms with Gasteiger partial charge in [-0.1, -0.05) is 13.3 Å². The molecule has 1 atom stereocenters. The van der Waals surface area contributed by atoms with Crippen molar-refractivity contribution >= 4 is 17.1 Å². The Morgan fingerprint density at radius 2 is 2.28 bits per heavy atom. The molecule has 100 valence electrons. The first kappa shape index (κ1) is 14.2. The highest BCUT2D eigenvalue weighted by atomic mass is 16.6. The molecule has 6 nitrogen and oxygen atoms in total. The molecule has 3 N–H and O–H groups in total. The zero-order valence-electron chi connectivity index (χ0n) is 10.7. The molecule has 0 aliphatic rings. The average molecular weight is 253 g/mol. The largest absolute Gasteiger partial charge is 0.393 e. The van der Waals surface area contributed by atoms with E-state index in [1.54, 1.807) is 19.2 Å². The summed E-state index contributed by atoms with van der Waals surface area (Å²) in [5.74, 6) is 0. The van der Waals surface area contributed by atoms with Crippen LogP contribution in [0.1, 0.15) is 19.8 Å². The van der Waals surface area contributed by atoms with Crippen molar-refractivity contribution in [3.05, 3.63) is 28.3 Å². The molecule has 1 rings (SSSR count). The van der Waals surface area contributed by atoms with Crippen LogP contribution in [-0.4, -0.2) is 24.7 Å². The maximum Gasteiger partial charge on any atom is 0.292 e. The van der Waals surface area contributed by atoms with E-state index in [1.807, 2.05) is 0 Å². The fourth-order valence-electron chi connectivity index (χ4n) is 1.79. The second kappa shape index (κ2) is 6.80. The lowest BCUT2D eigenvalue weighted by atomic mass is 10.1. The van der Waals surface area contributed by atoms with Crippen molar-refractivity contribution in [2.24, 2.45) is 0 Å². The molecule has 1 unspecified atom stereocenters. The van der Waals surface area contributed by atoms with Crippen LogP contribution in [0.4, 0.5) is 17.1 Å². The molecule has 6 heteroatoms. The van der Waals surface area contributed by atoms with Gasteiger partial charge in [0.1, 0.15) is 5.69 Å². The van der Waals surface area contributed by atoms with Gasteiger partial charge in [-0.15, -0.1) is 0 Å². The van der Waals surface area contributed by atoms with Gasteiger partial charge in [-0.2, -0.15) is 0 Å². The molecule has 0 radical (unpaired) electrons. The lowest BCUT2D eigenvalue weighted by Gasteiger charge is -2.18. The van der Waals surface area contributed by atoms with Gasteiger partial charge in [0.05, 0.1) is 11.5 Å². The van der Waals surface area contributed by atoms with Crippen LogP contribution in [0.5, 0.6) is 0 Å². The molecule has 0 aliphatic heterocycles. The van der Waals surface area contributed by atoms with Gasteiger partial charge in [0.25, 0.3) is 5.69 Å². The maximum atomic E-state index is 10.6. The van der Waals surface area contributed by atoms with Crippen molar-refractivity contribution in [3.63, 3.8) is 0 Å². The first-order valence-electron chi connectivity index (χ1n) is 5.87. The number of anilines is 2. The number of nitrogens with zero attached hydrogens (tertiary/aromatic N) is 1. The van der Waals surface area contributed by atoms with Crippen LogP contribution in [0, 0.1) is 10.1 Å². The highest BCUT2D eigenvalue weighted by Gasteiger charge is 2.13. The van der Waals surface area contributed by atoms with E-state index in [0.717, 1.165) is 18.5 Å². The number of methoxy groups -OCH3 is 1. The van der Waals surface area contributed by atoms with Gasteiger partial charge in [-0.25, -0.2) is 0 Å². The van der Waals surface area contributed by atoms with Gasteiger partial charge < -0.3 is 15.8 Å². The molecule has 1 aromatic rings. The molecule has 0 saturated heterocycles. The first-order chi connectivity index (χ1) is 8.58. The van der Waals surface area contributed by atoms with Crippen LogP contribution in [-0.2, 0) is 4.74 Å². The summed E-state index contributed by atoms with van der Waals surface area (Å²) in [4.78, 5) is 10.2. The standard InChI is InChI=1S/C12H19N3O3/c1-3-4-10(8-18-2)14-9-5-6-12(15(16)17)11(13)7-9/h5-7,10,14H,3-4,8,13H2,1-2H3. The molecule has 1 aromatic carbocycles. The number of hydrogen-bond acceptors (Lipinski definition) is 5. The third kappa shape index (κ3) is 3.89. The van der Waals surface area contributed by atoms with E-state index in [1.165, 1.54) is 6.07 Å². The van der Waals surface area contributed by atoms with Crippen molar-refractivity contribution in [1.29, 1.82) is 0 Å². The topological polar surface area (TPSA) is 90.4 Å². The molecule has 0 heterocycles. The smallest absolute Gasteiger partial charge is 0.292 e. The third-order valence-electron chi connectivity index (χ3n) is 2.60. The van der Waals surface area contributed by atoms with E-state index >= 15 is 0 Å². The Morgan fingerprint density at radius 1 is 1.56 bits per heavy atom. The normalized spacial score (nSPS) is 12.1. The Balaban J connectivity index is 2.77. The minimum absolute atomic E-state index is 0.0701. The zero-order chi connectivity index (χ0) is 13.5. The second-order valence-electron chi connectivity index (χ2n) is 4.12. The van der Waals surface area contributed by atoms with Crippen molar-refractivity contribution in [2.45, 2.75) is 25.8 Å². The first-order valence-corrected chi connectivity index (χ1v) is 5.87. The molecule has 0 fully saturated rings. The molecular weight excluding hydrogens is 234 g/mol. The SMILES string of the molecule is CCCC(COC)Nc1ccc([N+](=O)[O-])c(N)c1. The van der Waals surface area contributed by atoms with Crippen LogP contribution < -0.4 is 11.1 Å². The number of benzene rings is 1. The van der Waals surface area contributed by atoms with Crippen LogP contribution >= 0.6 is 0 Å². The van der Waals surface area contributed by atoms with Crippen LogP contribution in [0.15, 0.2) is 18.2 Å². The summed E-state index contributed by atoms with van der Waals surface area (Å²) in [6, 6.07) is 4.83. The van der Waals surface area contributed by atoms with Crippen molar-refractivity contribution in [3.8, 4) is 0 Å². The quantitative estimate of drug-likeness (QED) is 0.442. The molecule has 18 heavy (non-hydrogen) atoms. The molecule has 0 saturated carbocycles. The number of nitro groups is 1. The van der Waals surface area contributed by atoms with Crippen molar-refractivity contribution in [2.75, 3.05) is 24.8 Å². The Kier molecular flexibility index (Phi) is 5.38. The molecule has 0 aromatic heterocycles. The van der Waals surface area contributed by atoms with Gasteiger partial charge in [0, 0.05) is 24.9 Å². The number of nitrogens with one attached hydrogen (secondary N) is 1. The minimum atomic E-state index is -0.488. The average Bonchev–Trinajstić information content (AvgIpc) is 2.29. The molecule has 0 amide bonds. The molecular formula is C12H19N3O3. The fraction of sp³-hybridized carbons (Fsp3) is 0.500. The van der Waals surface area contributed by atoms with E-state index < -0.39 is 4.92 Å². The predicted octanol–water partition coefficient (Wildman–Crippen LogP) is 2.40. The second-order valence-corrected chi connectivity index (χ2v) is 4.12. The third-order valence-corrected chi connectivity index (χ3v) is 2.60. The summed E-state index contributed by atoms with van der Waals surface area (Å²) in [6.07, 6.45) is 1.99. The van der Waals surface area contributed by atoms with Crippen molar-refractivity contribution in [1.82, 2.24) is 0 Å². The highest BCUT2D eigenvalue weighted by Crippen LogP contribution is 2.25. The Hall–Kier alpha value is -1.82. The van der Waals surface area contributed by atoms with E-state index in [9.17, 15) is 10.1 Å². The van der Waals surface area contributed by atoms with Gasteiger partial charge in [0.15, 0.2) is 0 Å². The Labute approximate surface area is 106 Å². The predicted molar refractivity (Wildman–Crippen MR) is 71.7 cm³/mol. The van der Waals surface area contributed by atoms with Gasteiger partial charge in [0.2, 0.25) is 0 Å². The van der Waals surface area contributed by atoms with Crippen LogP contribution in [0.2, 0.25) is 0 Å². The lowest BCUT2D eigenvalue weighted by molar-refractivity contribution is -0.383. The summed E-state index contributed by atoms with van der Waals surface area (Å²) in [5.41, 5.74) is 6.50. The summed E-state index contributed by atoms with van der Waals surface area (Å²) >= 11 is 0. The van der Waals surface area contributed by atoms with Crippen LogP contribution in [0.3, 0.4) is 0 Å². The van der Waals surface area contributed by atoms with E-state index in [2.05, 4.69) is 12.2 Å². The number of nitro benzene ring substituents is 1. The molecule has 0 bridgehead atoms. The molecule has 0 aliphatic carbocycles. The molecule has 0 spiro atoms. The van der Waals surface area contributed by atoms with Gasteiger partial charge in [-0.3, -0.25) is 10.1 Å². The summed E-state index contributed by atoms with van der Waals surface area (Å²) in [6.45, 7) is 2.68. The highest BCUT2D eigenvalue weighted by molar-refractivity contribution is 5.66. The Morgan fingerprint density at radius 3 is 2.78 bits per heavy atom. The number of ether oxygens (including phenoxy) is 1. The number of rotatable bonds is 7. The van der Waals surface area contributed by atoms with E-state index in [-0.39, 0.29) is 17.4 Å². The maximum absolute atomic E-state index is 10.6. The fourth-order valence-corrected chi connectivity index (χ4v) is 1.79. The van der Waals surface area contributed by atoms with E-state index in [4.69, 9.17) is 10.5 Å². The number of nitrogens with two attached hydrogens (primary N) is 1. The summed E-state index contributed by atoms with van der Waals surface area (Å²) in [7, 11) is 1.65. The summed E-state index contributed by atoms with van der Waals surface area (Å²) < 4.78 is 5.12. The monoisotopic (exact) mass is 253 g/mol. The van der Waals surface area contributed by atoms with E-state index in [0.29, 0.717) is 6.61 Å². The van der Waals surface area contributed by atoms with Gasteiger partial charge >= 0.3 is 0 Å².